The van der Waals surface area contributed by atoms with Crippen LogP contribution in [-0.2, 0) is 4.79 Å². The number of hydrogen-bond acceptors (Lipinski definition) is 6. The summed E-state index contributed by atoms with van der Waals surface area (Å²) >= 11 is 0. The quantitative estimate of drug-likeness (QED) is 0.651. The monoisotopic (exact) mass is 348 g/mol. The van der Waals surface area contributed by atoms with Crippen molar-refractivity contribution in [2.75, 3.05) is 0 Å². The molecule has 2 aliphatic heterocycles. The highest BCUT2D eigenvalue weighted by Crippen LogP contribution is 2.34. The number of carbonyl (C=O) groups is 1. The molecule has 3 N–H and O–H groups in total. The van der Waals surface area contributed by atoms with Gasteiger partial charge >= 0.3 is 0 Å². The standard InChI is InChI=1S/C19H16N4O3/c24-16-9-14(11-3-4-15-12(8-11)5-7-26-15)21-18-17(19(25)22-23(16)18)13-2-1-6-20-10-13/h1-10,17-19,21-22,25H. The highest BCUT2D eigenvalue weighted by Gasteiger charge is 2.46. The summed E-state index contributed by atoms with van der Waals surface area (Å²) in [6, 6.07) is 11.4. The molecule has 7 nitrogen and oxygen atoms in total. The molecule has 1 aromatic carbocycles. The van der Waals surface area contributed by atoms with Gasteiger partial charge in [-0.05, 0) is 41.5 Å². The number of hydrazine groups is 1. The molecule has 0 bridgehead atoms. The van der Waals surface area contributed by atoms with E-state index in [1.807, 2.05) is 36.4 Å². The largest absolute Gasteiger partial charge is 0.464 e. The number of hydrogen-bond donors (Lipinski definition) is 3. The Balaban J connectivity index is 1.52. The molecule has 4 heterocycles. The van der Waals surface area contributed by atoms with Crippen LogP contribution in [0, 0.1) is 0 Å². The number of carbonyl (C=O) groups excluding carboxylic acids is 1. The molecule has 1 fully saturated rings. The molecule has 26 heavy (non-hydrogen) atoms. The second-order valence-electron chi connectivity index (χ2n) is 6.41. The van der Waals surface area contributed by atoms with Gasteiger partial charge in [0.15, 0.2) is 0 Å². The smallest absolute Gasteiger partial charge is 0.264 e. The zero-order valence-corrected chi connectivity index (χ0v) is 13.7. The van der Waals surface area contributed by atoms with Gasteiger partial charge in [-0.3, -0.25) is 9.78 Å². The molecule has 0 spiro atoms. The molecule has 3 atom stereocenters. The van der Waals surface area contributed by atoms with E-state index in [-0.39, 0.29) is 11.8 Å². The summed E-state index contributed by atoms with van der Waals surface area (Å²) in [6.07, 6.45) is 5.26. The third-order valence-electron chi connectivity index (χ3n) is 4.87. The van der Waals surface area contributed by atoms with Gasteiger partial charge in [-0.15, -0.1) is 0 Å². The number of pyridine rings is 1. The Morgan fingerprint density at radius 3 is 3.00 bits per heavy atom. The number of benzene rings is 1. The molecular formula is C19H16N4O3. The van der Waals surface area contributed by atoms with Crippen molar-refractivity contribution in [2.24, 2.45) is 0 Å². The zero-order chi connectivity index (χ0) is 17.7. The van der Waals surface area contributed by atoms with Gasteiger partial charge in [-0.2, -0.15) is 0 Å². The van der Waals surface area contributed by atoms with E-state index in [1.54, 1.807) is 18.7 Å². The summed E-state index contributed by atoms with van der Waals surface area (Å²) in [4.78, 5) is 16.7. The fraction of sp³-hybridized carbons (Fsp3) is 0.158. The maximum absolute atomic E-state index is 12.6. The number of fused-ring (bicyclic) bond motifs is 2. The van der Waals surface area contributed by atoms with E-state index in [4.69, 9.17) is 4.42 Å². The minimum atomic E-state index is -0.884. The average molecular weight is 348 g/mol. The summed E-state index contributed by atoms with van der Waals surface area (Å²) in [6.45, 7) is 0. The molecule has 3 unspecified atom stereocenters. The summed E-state index contributed by atoms with van der Waals surface area (Å²) in [7, 11) is 0. The fourth-order valence-corrected chi connectivity index (χ4v) is 3.62. The third-order valence-corrected chi connectivity index (χ3v) is 4.87. The fourth-order valence-electron chi connectivity index (χ4n) is 3.62. The molecule has 7 heteroatoms. The first-order valence-electron chi connectivity index (χ1n) is 8.34. The predicted octanol–water partition coefficient (Wildman–Crippen LogP) is 1.55. The van der Waals surface area contributed by atoms with E-state index >= 15 is 0 Å². The van der Waals surface area contributed by atoms with E-state index < -0.39 is 12.4 Å². The first-order chi connectivity index (χ1) is 12.7. The minimum Gasteiger partial charge on any atom is -0.464 e. The zero-order valence-electron chi connectivity index (χ0n) is 13.7. The maximum atomic E-state index is 12.6. The first-order valence-corrected chi connectivity index (χ1v) is 8.34. The van der Waals surface area contributed by atoms with Crippen LogP contribution in [0.3, 0.4) is 0 Å². The topological polar surface area (TPSA) is 90.6 Å². The van der Waals surface area contributed by atoms with Crippen LogP contribution in [0.4, 0.5) is 0 Å². The molecule has 0 radical (unpaired) electrons. The molecule has 1 amide bonds. The van der Waals surface area contributed by atoms with Crippen LogP contribution in [0.5, 0.6) is 0 Å². The van der Waals surface area contributed by atoms with E-state index in [1.165, 1.54) is 11.1 Å². The highest BCUT2D eigenvalue weighted by atomic mass is 16.3. The first kappa shape index (κ1) is 15.1. The Morgan fingerprint density at radius 1 is 1.23 bits per heavy atom. The van der Waals surface area contributed by atoms with Crippen molar-refractivity contribution in [3.05, 3.63) is 72.3 Å². The lowest BCUT2D eigenvalue weighted by atomic mass is 9.95. The van der Waals surface area contributed by atoms with Crippen LogP contribution in [0.25, 0.3) is 16.7 Å². The normalized spacial score (nSPS) is 25.1. The second kappa shape index (κ2) is 5.69. The second-order valence-corrected chi connectivity index (χ2v) is 6.41. The lowest BCUT2D eigenvalue weighted by Crippen LogP contribution is -2.52. The number of nitrogens with zero attached hydrogens (tertiary/aromatic N) is 2. The van der Waals surface area contributed by atoms with Crippen molar-refractivity contribution in [3.8, 4) is 0 Å². The minimum absolute atomic E-state index is 0.207. The van der Waals surface area contributed by atoms with Crippen LogP contribution < -0.4 is 10.7 Å². The summed E-state index contributed by atoms with van der Waals surface area (Å²) in [5.74, 6) is -0.546. The van der Waals surface area contributed by atoms with Crippen LogP contribution in [0.2, 0.25) is 0 Å². The van der Waals surface area contributed by atoms with Gasteiger partial charge in [0.25, 0.3) is 5.91 Å². The Kier molecular flexibility index (Phi) is 3.31. The highest BCUT2D eigenvalue weighted by molar-refractivity contribution is 5.97. The lowest BCUT2D eigenvalue weighted by Gasteiger charge is -2.32. The van der Waals surface area contributed by atoms with Crippen LogP contribution in [0.1, 0.15) is 17.0 Å². The average Bonchev–Trinajstić information content (AvgIpc) is 3.25. The van der Waals surface area contributed by atoms with Crippen molar-refractivity contribution in [1.29, 1.82) is 0 Å². The van der Waals surface area contributed by atoms with Crippen molar-refractivity contribution >= 4 is 22.6 Å². The summed E-state index contributed by atoms with van der Waals surface area (Å²) in [5.41, 5.74) is 6.09. The van der Waals surface area contributed by atoms with Gasteiger partial charge in [-0.1, -0.05) is 6.07 Å². The van der Waals surface area contributed by atoms with E-state index in [0.717, 1.165) is 22.1 Å². The number of nitrogens with one attached hydrogen (secondary N) is 2. The van der Waals surface area contributed by atoms with Gasteiger partial charge in [0.2, 0.25) is 0 Å². The summed E-state index contributed by atoms with van der Waals surface area (Å²) in [5, 5.41) is 16.2. The van der Waals surface area contributed by atoms with E-state index in [9.17, 15) is 9.90 Å². The molecule has 5 rings (SSSR count). The Labute approximate surface area is 148 Å². The van der Waals surface area contributed by atoms with Crippen LogP contribution in [0.15, 0.2) is 65.5 Å². The molecule has 1 saturated heterocycles. The molecule has 3 aromatic rings. The molecule has 0 aliphatic carbocycles. The molecular weight excluding hydrogens is 332 g/mol. The van der Waals surface area contributed by atoms with Gasteiger partial charge in [0, 0.05) is 29.6 Å². The molecule has 2 aliphatic rings. The van der Waals surface area contributed by atoms with E-state index in [2.05, 4.69) is 15.7 Å². The maximum Gasteiger partial charge on any atom is 0.264 e. The third kappa shape index (κ3) is 2.29. The lowest BCUT2D eigenvalue weighted by molar-refractivity contribution is -0.131. The van der Waals surface area contributed by atoms with Crippen molar-refractivity contribution in [3.63, 3.8) is 0 Å². The molecule has 130 valence electrons. The SMILES string of the molecule is O=C1C=C(c2ccc3occc3c2)NC2C(c3cccnc3)C(O)NN12. The van der Waals surface area contributed by atoms with Crippen molar-refractivity contribution in [2.45, 2.75) is 18.3 Å². The van der Waals surface area contributed by atoms with Crippen molar-refractivity contribution < 1.29 is 14.3 Å². The number of aliphatic hydroxyl groups is 1. The Hall–Kier alpha value is -3.16. The number of amides is 1. The number of aromatic nitrogens is 1. The number of furan rings is 1. The van der Waals surface area contributed by atoms with Gasteiger partial charge in [-0.25, -0.2) is 10.4 Å². The van der Waals surface area contributed by atoms with Crippen molar-refractivity contribution in [1.82, 2.24) is 20.7 Å². The van der Waals surface area contributed by atoms with Gasteiger partial charge in [0.05, 0.1) is 12.2 Å². The number of rotatable bonds is 2. The van der Waals surface area contributed by atoms with Crippen LogP contribution in [-0.4, -0.2) is 33.4 Å². The van der Waals surface area contributed by atoms with E-state index in [0.29, 0.717) is 5.70 Å². The molecule has 0 saturated carbocycles. The van der Waals surface area contributed by atoms with Crippen LogP contribution >= 0.6 is 0 Å². The predicted molar refractivity (Wildman–Crippen MR) is 94.1 cm³/mol. The number of aliphatic hydroxyl groups excluding tert-OH is 1. The Morgan fingerprint density at radius 2 is 2.15 bits per heavy atom. The summed E-state index contributed by atoms with van der Waals surface area (Å²) < 4.78 is 5.37. The Bertz CT molecular complexity index is 1010. The van der Waals surface area contributed by atoms with Gasteiger partial charge in [0.1, 0.15) is 18.0 Å². The van der Waals surface area contributed by atoms with Gasteiger partial charge < -0.3 is 14.8 Å². The molecule has 2 aromatic heterocycles.